The van der Waals surface area contributed by atoms with Crippen molar-refractivity contribution >= 4 is 35.9 Å². The summed E-state index contributed by atoms with van der Waals surface area (Å²) in [5.74, 6) is -2.68. The van der Waals surface area contributed by atoms with E-state index in [2.05, 4.69) is 5.32 Å². The van der Waals surface area contributed by atoms with Gasteiger partial charge in [0.2, 0.25) is 5.91 Å². The van der Waals surface area contributed by atoms with Gasteiger partial charge in [0.15, 0.2) is 36.0 Å². The van der Waals surface area contributed by atoms with Crippen LogP contribution in [0.4, 0.5) is 0 Å². The highest BCUT2D eigenvalue weighted by molar-refractivity contribution is 5.92. The van der Waals surface area contributed by atoms with E-state index in [1.165, 1.54) is 26.4 Å². The van der Waals surface area contributed by atoms with Gasteiger partial charge in [0, 0.05) is 33.8 Å². The van der Waals surface area contributed by atoms with Gasteiger partial charge in [0.25, 0.3) is 0 Å². The minimum Gasteiger partial charge on any atom is -0.493 e. The van der Waals surface area contributed by atoms with E-state index in [0.29, 0.717) is 17.1 Å². The number of rotatable bonds is 10. The zero-order valence-electron chi connectivity index (χ0n) is 21.9. The molecule has 1 amide bonds. The van der Waals surface area contributed by atoms with Crippen LogP contribution < -0.4 is 14.8 Å². The number of carbonyl (C=O) groups excluding carboxylic acids is 5. The Morgan fingerprint density at radius 1 is 0.816 bits per heavy atom. The van der Waals surface area contributed by atoms with Crippen molar-refractivity contribution < 1.29 is 57.1 Å². The lowest BCUT2D eigenvalue weighted by molar-refractivity contribution is -0.256. The monoisotopic (exact) mass is 537 g/mol. The molecule has 38 heavy (non-hydrogen) atoms. The highest BCUT2D eigenvalue weighted by Crippen LogP contribution is 2.29. The lowest BCUT2D eigenvalue weighted by atomic mass is 9.97. The van der Waals surface area contributed by atoms with Crippen molar-refractivity contribution in [3.63, 3.8) is 0 Å². The minimum atomic E-state index is -1.41. The first-order valence-corrected chi connectivity index (χ1v) is 11.5. The standard InChI is InChI=1S/C25H31NO12/c1-13(27)34-12-20-22(35-14(2)28)23(36-15(3)29)24(37-16(4)30)25(38-20)26-21(31)10-8-17-7-9-18(32-5)19(11-17)33-6/h7-11,20,22-25H,12H2,1-6H3,(H,26,31)/b10-8+/t20-,22+,23+,24-,25-/m1/s1. The molecule has 1 saturated heterocycles. The van der Waals surface area contributed by atoms with E-state index in [0.717, 1.165) is 27.7 Å². The van der Waals surface area contributed by atoms with Crippen molar-refractivity contribution in [3.05, 3.63) is 29.8 Å². The van der Waals surface area contributed by atoms with Crippen molar-refractivity contribution in [3.8, 4) is 11.5 Å². The van der Waals surface area contributed by atoms with Crippen LogP contribution in [0, 0.1) is 0 Å². The second-order valence-electron chi connectivity index (χ2n) is 8.08. The Hall–Kier alpha value is -4.13. The molecule has 1 N–H and O–H groups in total. The fourth-order valence-electron chi connectivity index (χ4n) is 3.66. The van der Waals surface area contributed by atoms with Crippen molar-refractivity contribution in [2.75, 3.05) is 20.8 Å². The molecule has 0 saturated carbocycles. The molecule has 0 spiro atoms. The number of amides is 1. The first kappa shape index (κ1) is 30.1. The zero-order chi connectivity index (χ0) is 28.4. The van der Waals surface area contributed by atoms with Crippen LogP contribution in [0.1, 0.15) is 33.3 Å². The lowest BCUT2D eigenvalue weighted by Gasteiger charge is -2.44. The summed E-state index contributed by atoms with van der Waals surface area (Å²) in [6.07, 6.45) is -4.01. The zero-order valence-corrected chi connectivity index (χ0v) is 21.9. The Morgan fingerprint density at radius 3 is 1.95 bits per heavy atom. The number of hydrogen-bond acceptors (Lipinski definition) is 12. The second kappa shape index (κ2) is 14.0. The molecule has 0 bridgehead atoms. The number of methoxy groups -OCH3 is 2. The summed E-state index contributed by atoms with van der Waals surface area (Å²) in [5, 5.41) is 2.54. The van der Waals surface area contributed by atoms with Gasteiger partial charge >= 0.3 is 23.9 Å². The molecule has 1 aliphatic heterocycles. The Morgan fingerprint density at radius 2 is 1.39 bits per heavy atom. The summed E-state index contributed by atoms with van der Waals surface area (Å²) in [4.78, 5) is 59.8. The number of esters is 4. The molecular formula is C25H31NO12. The van der Waals surface area contributed by atoms with Crippen LogP contribution in [0.15, 0.2) is 24.3 Å². The van der Waals surface area contributed by atoms with Gasteiger partial charge in [-0.15, -0.1) is 0 Å². The van der Waals surface area contributed by atoms with Crippen LogP contribution in [0.25, 0.3) is 6.08 Å². The number of hydrogen-bond donors (Lipinski definition) is 1. The summed E-state index contributed by atoms with van der Waals surface area (Å²) in [6.45, 7) is 4.07. The van der Waals surface area contributed by atoms with Crippen LogP contribution in [-0.2, 0) is 47.7 Å². The maximum absolute atomic E-state index is 12.8. The largest absolute Gasteiger partial charge is 0.493 e. The van der Waals surface area contributed by atoms with E-state index in [1.54, 1.807) is 18.2 Å². The summed E-state index contributed by atoms with van der Waals surface area (Å²) >= 11 is 0. The summed E-state index contributed by atoms with van der Waals surface area (Å²) < 4.78 is 37.2. The molecule has 13 nitrogen and oxygen atoms in total. The summed E-state index contributed by atoms with van der Waals surface area (Å²) in [5.41, 5.74) is 0.611. The second-order valence-corrected chi connectivity index (χ2v) is 8.08. The first-order chi connectivity index (χ1) is 17.9. The molecule has 1 aromatic rings. The molecule has 1 aliphatic rings. The molecule has 1 fully saturated rings. The van der Waals surface area contributed by atoms with Gasteiger partial charge in [-0.1, -0.05) is 6.07 Å². The van der Waals surface area contributed by atoms with E-state index in [-0.39, 0.29) is 0 Å². The third kappa shape index (κ3) is 8.76. The predicted octanol–water partition coefficient (Wildman–Crippen LogP) is 0.916. The number of carbonyl (C=O) groups is 5. The molecule has 1 aromatic carbocycles. The molecule has 2 rings (SSSR count). The van der Waals surface area contributed by atoms with Crippen molar-refractivity contribution in [2.45, 2.75) is 58.3 Å². The van der Waals surface area contributed by atoms with Gasteiger partial charge in [-0.05, 0) is 23.8 Å². The van der Waals surface area contributed by atoms with E-state index >= 15 is 0 Å². The third-order valence-electron chi connectivity index (χ3n) is 5.11. The van der Waals surface area contributed by atoms with E-state index in [9.17, 15) is 24.0 Å². The highest BCUT2D eigenvalue weighted by Gasteiger charge is 2.52. The van der Waals surface area contributed by atoms with Crippen LogP contribution in [-0.4, -0.2) is 81.3 Å². The van der Waals surface area contributed by atoms with Crippen LogP contribution in [0.2, 0.25) is 0 Å². The normalized spacial score (nSPS) is 22.6. The molecule has 5 atom stereocenters. The number of benzene rings is 1. The van der Waals surface area contributed by atoms with Gasteiger partial charge in [0.1, 0.15) is 12.7 Å². The van der Waals surface area contributed by atoms with Gasteiger partial charge in [-0.25, -0.2) is 0 Å². The van der Waals surface area contributed by atoms with Crippen molar-refractivity contribution in [1.29, 1.82) is 0 Å². The number of nitrogens with one attached hydrogen (secondary N) is 1. The molecular weight excluding hydrogens is 506 g/mol. The van der Waals surface area contributed by atoms with Crippen molar-refractivity contribution in [1.82, 2.24) is 5.32 Å². The molecule has 0 radical (unpaired) electrons. The van der Waals surface area contributed by atoms with Gasteiger partial charge in [-0.2, -0.15) is 0 Å². The average Bonchev–Trinajstić information content (AvgIpc) is 2.84. The lowest BCUT2D eigenvalue weighted by Crippen LogP contribution is -2.66. The fraction of sp³-hybridized carbons (Fsp3) is 0.480. The Bertz CT molecular complexity index is 1070. The fourth-order valence-corrected chi connectivity index (χ4v) is 3.66. The van der Waals surface area contributed by atoms with Gasteiger partial charge in [0.05, 0.1) is 14.2 Å². The van der Waals surface area contributed by atoms with Crippen LogP contribution in [0.3, 0.4) is 0 Å². The van der Waals surface area contributed by atoms with E-state index < -0.39 is 67.0 Å². The van der Waals surface area contributed by atoms with E-state index in [4.69, 9.17) is 33.2 Å². The van der Waals surface area contributed by atoms with Gasteiger partial charge < -0.3 is 38.5 Å². The summed E-state index contributed by atoms with van der Waals surface area (Å²) in [7, 11) is 2.97. The molecule has 0 aliphatic carbocycles. The molecule has 1 heterocycles. The third-order valence-corrected chi connectivity index (χ3v) is 5.11. The Labute approximate surface area is 219 Å². The average molecular weight is 538 g/mol. The summed E-state index contributed by atoms with van der Waals surface area (Å²) in [6, 6.07) is 5.01. The first-order valence-electron chi connectivity index (χ1n) is 11.5. The van der Waals surface area contributed by atoms with Crippen LogP contribution in [0.5, 0.6) is 11.5 Å². The smallest absolute Gasteiger partial charge is 0.303 e. The Balaban J connectivity index is 2.36. The van der Waals surface area contributed by atoms with Gasteiger partial charge in [-0.3, -0.25) is 24.0 Å². The number of ether oxygens (including phenoxy) is 7. The van der Waals surface area contributed by atoms with Crippen molar-refractivity contribution in [2.24, 2.45) is 0 Å². The minimum absolute atomic E-state index is 0.411. The topological polar surface area (TPSA) is 162 Å². The maximum atomic E-state index is 12.8. The molecule has 208 valence electrons. The SMILES string of the molecule is COc1ccc(/C=C/C(=O)N[C@@H]2O[C@H](COC(C)=O)[C@H](OC(C)=O)[C@H](OC(C)=O)[C@H]2OC(C)=O)cc1OC. The van der Waals surface area contributed by atoms with E-state index in [1.807, 2.05) is 0 Å². The highest BCUT2D eigenvalue weighted by atomic mass is 16.7. The predicted molar refractivity (Wildman–Crippen MR) is 129 cm³/mol. The maximum Gasteiger partial charge on any atom is 0.303 e. The Kier molecular flexibility index (Phi) is 11.1. The quantitative estimate of drug-likeness (QED) is 0.255. The molecule has 0 unspecified atom stereocenters. The van der Waals surface area contributed by atoms with Crippen LogP contribution >= 0.6 is 0 Å². The molecule has 0 aromatic heterocycles. The molecule has 13 heteroatoms.